The average Bonchev–Trinajstić information content (AvgIpc) is 2.78. The Morgan fingerprint density at radius 3 is 2.30 bits per heavy atom. The van der Waals surface area contributed by atoms with Crippen molar-refractivity contribution in [1.82, 2.24) is 5.32 Å². The minimum Gasteiger partial charge on any atom is -0.483 e. The largest absolute Gasteiger partial charge is 0.483 e. The molecule has 0 bridgehead atoms. The summed E-state index contributed by atoms with van der Waals surface area (Å²) in [5.74, 6) is -0.0253. The van der Waals surface area contributed by atoms with Crippen molar-refractivity contribution in [2.45, 2.75) is 39.2 Å². The van der Waals surface area contributed by atoms with Crippen LogP contribution in [0.4, 0.5) is 5.69 Å². The molecule has 3 aromatic rings. The molecule has 3 aromatic carbocycles. The fourth-order valence-electron chi connectivity index (χ4n) is 3.30. The SMILES string of the molecule is C[C@H](NC(=O)c1ccccc1NC(=O)COc1ccc(C(C)(C)C)cc1Br)c1ccccc1. The molecule has 172 valence electrons. The Balaban J connectivity index is 1.63. The predicted octanol–water partition coefficient (Wildman–Crippen LogP) is 6.26. The van der Waals surface area contributed by atoms with E-state index >= 15 is 0 Å². The lowest BCUT2D eigenvalue weighted by atomic mass is 9.87. The molecular weight excluding hydrogens is 480 g/mol. The van der Waals surface area contributed by atoms with Gasteiger partial charge in [0.05, 0.1) is 21.8 Å². The van der Waals surface area contributed by atoms with E-state index in [-0.39, 0.29) is 29.9 Å². The number of hydrogen-bond acceptors (Lipinski definition) is 3. The van der Waals surface area contributed by atoms with Crippen LogP contribution in [0.25, 0.3) is 0 Å². The zero-order valence-electron chi connectivity index (χ0n) is 19.3. The van der Waals surface area contributed by atoms with Crippen molar-refractivity contribution in [3.8, 4) is 5.75 Å². The number of carbonyl (C=O) groups is 2. The summed E-state index contributed by atoms with van der Waals surface area (Å²) >= 11 is 3.52. The van der Waals surface area contributed by atoms with Crippen molar-refractivity contribution in [2.75, 3.05) is 11.9 Å². The van der Waals surface area contributed by atoms with Gasteiger partial charge in [-0.1, -0.05) is 69.3 Å². The van der Waals surface area contributed by atoms with Crippen LogP contribution in [0.5, 0.6) is 5.75 Å². The Bertz CT molecular complexity index is 1120. The van der Waals surface area contributed by atoms with Crippen LogP contribution in [-0.2, 0) is 10.2 Å². The second-order valence-electron chi connectivity index (χ2n) is 8.88. The summed E-state index contributed by atoms with van der Waals surface area (Å²) < 4.78 is 6.49. The van der Waals surface area contributed by atoms with E-state index in [1.807, 2.05) is 55.5 Å². The van der Waals surface area contributed by atoms with Crippen LogP contribution in [0.1, 0.15) is 55.2 Å². The lowest BCUT2D eigenvalue weighted by molar-refractivity contribution is -0.118. The number of para-hydroxylation sites is 1. The summed E-state index contributed by atoms with van der Waals surface area (Å²) in [6.07, 6.45) is 0. The molecule has 0 heterocycles. The minimum atomic E-state index is -0.349. The van der Waals surface area contributed by atoms with Gasteiger partial charge in [0.25, 0.3) is 11.8 Å². The highest BCUT2D eigenvalue weighted by Crippen LogP contribution is 2.31. The quantitative estimate of drug-likeness (QED) is 0.396. The van der Waals surface area contributed by atoms with Crippen molar-refractivity contribution in [3.05, 3.63) is 94.0 Å². The fraction of sp³-hybridized carbons (Fsp3) is 0.259. The predicted molar refractivity (Wildman–Crippen MR) is 136 cm³/mol. The van der Waals surface area contributed by atoms with Gasteiger partial charge in [-0.3, -0.25) is 9.59 Å². The Kier molecular flexibility index (Phi) is 7.92. The van der Waals surface area contributed by atoms with Crippen LogP contribution in [-0.4, -0.2) is 18.4 Å². The molecule has 2 amide bonds. The van der Waals surface area contributed by atoms with Gasteiger partial charge in [-0.15, -0.1) is 0 Å². The number of halogens is 1. The van der Waals surface area contributed by atoms with Crippen LogP contribution >= 0.6 is 15.9 Å². The van der Waals surface area contributed by atoms with Crippen molar-refractivity contribution < 1.29 is 14.3 Å². The molecule has 2 N–H and O–H groups in total. The lowest BCUT2D eigenvalue weighted by Gasteiger charge is -2.20. The summed E-state index contributed by atoms with van der Waals surface area (Å²) in [6.45, 7) is 8.15. The summed E-state index contributed by atoms with van der Waals surface area (Å²) in [5, 5.41) is 5.77. The topological polar surface area (TPSA) is 67.4 Å². The van der Waals surface area contributed by atoms with Gasteiger partial charge < -0.3 is 15.4 Å². The molecule has 0 saturated heterocycles. The van der Waals surface area contributed by atoms with Gasteiger partial charge in [0.1, 0.15) is 5.75 Å². The zero-order chi connectivity index (χ0) is 24.0. The van der Waals surface area contributed by atoms with E-state index in [0.717, 1.165) is 15.6 Å². The van der Waals surface area contributed by atoms with Gasteiger partial charge in [0.15, 0.2) is 6.61 Å². The molecule has 0 aliphatic heterocycles. The van der Waals surface area contributed by atoms with Crippen molar-refractivity contribution in [2.24, 2.45) is 0 Å². The smallest absolute Gasteiger partial charge is 0.262 e. The van der Waals surface area contributed by atoms with Gasteiger partial charge in [-0.2, -0.15) is 0 Å². The number of anilines is 1. The number of ether oxygens (including phenoxy) is 1. The van der Waals surface area contributed by atoms with Crippen molar-refractivity contribution in [1.29, 1.82) is 0 Å². The highest BCUT2D eigenvalue weighted by molar-refractivity contribution is 9.10. The lowest BCUT2D eigenvalue weighted by Crippen LogP contribution is -2.28. The van der Waals surface area contributed by atoms with E-state index in [1.54, 1.807) is 24.3 Å². The van der Waals surface area contributed by atoms with Gasteiger partial charge in [-0.05, 0) is 63.7 Å². The first-order chi connectivity index (χ1) is 15.6. The standard InChI is InChI=1S/C27H29BrN2O3/c1-18(19-10-6-5-7-11-19)29-26(32)21-12-8-9-13-23(21)30-25(31)17-33-24-15-14-20(16-22(24)28)27(2,3)4/h5-16,18H,17H2,1-4H3,(H,29,32)(H,30,31)/t18-/m0/s1. The Hall–Kier alpha value is -3.12. The average molecular weight is 509 g/mol. The molecular formula is C27H29BrN2O3. The maximum atomic E-state index is 12.9. The van der Waals surface area contributed by atoms with Gasteiger partial charge in [0.2, 0.25) is 0 Å². The molecule has 0 aliphatic rings. The number of hydrogen-bond donors (Lipinski definition) is 2. The van der Waals surface area contributed by atoms with E-state index in [0.29, 0.717) is 17.0 Å². The van der Waals surface area contributed by atoms with Crippen LogP contribution in [0.2, 0.25) is 0 Å². The van der Waals surface area contributed by atoms with Crippen molar-refractivity contribution >= 4 is 33.4 Å². The molecule has 5 nitrogen and oxygen atoms in total. The minimum absolute atomic E-state index is 0.0146. The van der Waals surface area contributed by atoms with Crippen LogP contribution in [0.3, 0.4) is 0 Å². The van der Waals surface area contributed by atoms with Crippen LogP contribution in [0.15, 0.2) is 77.3 Å². The summed E-state index contributed by atoms with van der Waals surface area (Å²) in [5.41, 5.74) is 3.01. The van der Waals surface area contributed by atoms with E-state index in [9.17, 15) is 9.59 Å². The van der Waals surface area contributed by atoms with E-state index < -0.39 is 0 Å². The third-order valence-electron chi connectivity index (χ3n) is 5.25. The number of rotatable bonds is 7. The Labute approximate surface area is 203 Å². The molecule has 0 saturated carbocycles. The molecule has 0 spiro atoms. The fourth-order valence-corrected chi connectivity index (χ4v) is 3.80. The molecule has 0 radical (unpaired) electrons. The molecule has 1 atom stereocenters. The number of nitrogens with one attached hydrogen (secondary N) is 2. The first kappa shape index (κ1) is 24.5. The van der Waals surface area contributed by atoms with Gasteiger partial charge in [0, 0.05) is 0 Å². The summed E-state index contributed by atoms with van der Waals surface area (Å²) in [7, 11) is 0. The molecule has 0 aliphatic carbocycles. The highest BCUT2D eigenvalue weighted by Gasteiger charge is 2.18. The summed E-state index contributed by atoms with van der Waals surface area (Å²) in [6, 6.07) is 22.3. The maximum absolute atomic E-state index is 12.9. The monoisotopic (exact) mass is 508 g/mol. The highest BCUT2D eigenvalue weighted by atomic mass is 79.9. The van der Waals surface area contributed by atoms with Crippen LogP contribution < -0.4 is 15.4 Å². The number of carbonyl (C=O) groups excluding carboxylic acids is 2. The van der Waals surface area contributed by atoms with E-state index in [4.69, 9.17) is 4.74 Å². The molecule has 0 aromatic heterocycles. The number of benzene rings is 3. The Morgan fingerprint density at radius 2 is 1.64 bits per heavy atom. The first-order valence-electron chi connectivity index (χ1n) is 10.8. The van der Waals surface area contributed by atoms with Crippen LogP contribution in [0, 0.1) is 0 Å². The zero-order valence-corrected chi connectivity index (χ0v) is 20.9. The summed E-state index contributed by atoms with van der Waals surface area (Å²) in [4.78, 5) is 25.4. The van der Waals surface area contributed by atoms with Gasteiger partial charge in [-0.25, -0.2) is 0 Å². The second kappa shape index (κ2) is 10.7. The molecule has 3 rings (SSSR count). The van der Waals surface area contributed by atoms with Gasteiger partial charge >= 0.3 is 0 Å². The normalized spacial score (nSPS) is 12.0. The molecule has 0 fully saturated rings. The first-order valence-corrected chi connectivity index (χ1v) is 11.6. The Morgan fingerprint density at radius 1 is 0.970 bits per heavy atom. The van der Waals surface area contributed by atoms with Crippen molar-refractivity contribution in [3.63, 3.8) is 0 Å². The number of amides is 2. The van der Waals surface area contributed by atoms with E-state index in [2.05, 4.69) is 47.3 Å². The molecule has 0 unspecified atom stereocenters. The third kappa shape index (κ3) is 6.68. The molecule has 6 heteroatoms. The second-order valence-corrected chi connectivity index (χ2v) is 9.74. The maximum Gasteiger partial charge on any atom is 0.262 e. The third-order valence-corrected chi connectivity index (χ3v) is 5.87. The van der Waals surface area contributed by atoms with E-state index in [1.165, 1.54) is 0 Å². The molecule has 33 heavy (non-hydrogen) atoms.